The minimum Gasteiger partial charge on any atom is -0.369 e. The van der Waals surface area contributed by atoms with Crippen LogP contribution in [-0.2, 0) is 11.3 Å². The normalized spacial score (nSPS) is 10.2. The number of nitro groups is 1. The van der Waals surface area contributed by atoms with Gasteiger partial charge in [-0.15, -0.1) is 0 Å². The lowest BCUT2D eigenvalue weighted by atomic mass is 10.2. The average molecular weight is 245 g/mol. The summed E-state index contributed by atoms with van der Waals surface area (Å²) in [6.45, 7) is -0.361. The van der Waals surface area contributed by atoms with E-state index in [1.165, 1.54) is 0 Å². The molecule has 0 unspecified atom stereocenters. The molecule has 17 heavy (non-hydrogen) atoms. The highest BCUT2D eigenvalue weighted by Gasteiger charge is 2.18. The van der Waals surface area contributed by atoms with Gasteiger partial charge in [-0.05, 0) is 0 Å². The number of carbonyl (C=O) groups is 1. The molecule has 3 N–H and O–H groups in total. The van der Waals surface area contributed by atoms with E-state index in [-0.39, 0.29) is 18.7 Å². The number of nitrogens with two attached hydrogens (primary N) is 1. The molecule has 0 atom stereocenters. The van der Waals surface area contributed by atoms with Crippen molar-refractivity contribution in [2.45, 2.75) is 6.54 Å². The van der Waals surface area contributed by atoms with Crippen LogP contribution in [0.15, 0.2) is 12.1 Å². The fourth-order valence-electron chi connectivity index (χ4n) is 1.18. The molecule has 8 heteroatoms. The van der Waals surface area contributed by atoms with Crippen LogP contribution < -0.4 is 11.1 Å². The van der Waals surface area contributed by atoms with E-state index in [1.54, 1.807) is 0 Å². The zero-order valence-electron chi connectivity index (χ0n) is 8.57. The fraction of sp³-hybridized carbons (Fsp3) is 0.222. The Kier molecular flexibility index (Phi) is 4.05. The summed E-state index contributed by atoms with van der Waals surface area (Å²) in [5.74, 6) is -2.82. The van der Waals surface area contributed by atoms with Crippen LogP contribution in [0.1, 0.15) is 5.56 Å². The van der Waals surface area contributed by atoms with Crippen LogP contribution in [0.5, 0.6) is 0 Å². The van der Waals surface area contributed by atoms with Gasteiger partial charge in [-0.2, -0.15) is 4.39 Å². The lowest BCUT2D eigenvalue weighted by Crippen LogP contribution is -2.28. The SMILES string of the molecule is NC(=O)CNCc1cc([N+](=O)[O-])c(F)cc1F. The van der Waals surface area contributed by atoms with Gasteiger partial charge in [0.05, 0.1) is 11.5 Å². The second-order valence-electron chi connectivity index (χ2n) is 3.22. The van der Waals surface area contributed by atoms with Crippen LogP contribution in [-0.4, -0.2) is 17.4 Å². The quantitative estimate of drug-likeness (QED) is 0.581. The second-order valence-corrected chi connectivity index (χ2v) is 3.22. The summed E-state index contributed by atoms with van der Waals surface area (Å²) >= 11 is 0. The predicted molar refractivity (Wildman–Crippen MR) is 53.9 cm³/mol. The molecule has 0 fully saturated rings. The number of nitro benzene ring substituents is 1. The number of rotatable bonds is 5. The van der Waals surface area contributed by atoms with Crippen LogP contribution in [0.25, 0.3) is 0 Å². The van der Waals surface area contributed by atoms with Gasteiger partial charge in [0.1, 0.15) is 5.82 Å². The maximum Gasteiger partial charge on any atom is 0.305 e. The van der Waals surface area contributed by atoms with Gasteiger partial charge < -0.3 is 11.1 Å². The molecule has 1 amide bonds. The van der Waals surface area contributed by atoms with E-state index in [0.717, 1.165) is 6.07 Å². The van der Waals surface area contributed by atoms with Gasteiger partial charge in [0, 0.05) is 24.2 Å². The van der Waals surface area contributed by atoms with Crippen molar-refractivity contribution in [3.8, 4) is 0 Å². The van der Waals surface area contributed by atoms with Crippen molar-refractivity contribution in [3.05, 3.63) is 39.4 Å². The number of benzene rings is 1. The molecule has 92 valence electrons. The van der Waals surface area contributed by atoms with E-state index in [9.17, 15) is 23.7 Å². The summed E-state index contributed by atoms with van der Waals surface area (Å²) in [6.07, 6.45) is 0. The Morgan fingerprint density at radius 1 is 1.41 bits per heavy atom. The number of primary amides is 1. The highest BCUT2D eigenvalue weighted by molar-refractivity contribution is 5.75. The summed E-state index contributed by atoms with van der Waals surface area (Å²) in [5, 5.41) is 12.9. The Balaban J connectivity index is 2.88. The van der Waals surface area contributed by atoms with Crippen molar-refractivity contribution in [2.24, 2.45) is 5.73 Å². The van der Waals surface area contributed by atoms with Crippen molar-refractivity contribution in [1.29, 1.82) is 0 Å². The van der Waals surface area contributed by atoms with Gasteiger partial charge in [0.2, 0.25) is 11.7 Å². The molecule has 0 aliphatic rings. The summed E-state index contributed by atoms with van der Waals surface area (Å²) in [6, 6.07) is 1.21. The van der Waals surface area contributed by atoms with Crippen LogP contribution >= 0.6 is 0 Å². The van der Waals surface area contributed by atoms with E-state index >= 15 is 0 Å². The van der Waals surface area contributed by atoms with Crippen molar-refractivity contribution < 1.29 is 18.5 Å². The fourth-order valence-corrected chi connectivity index (χ4v) is 1.18. The molecule has 0 saturated carbocycles. The van der Waals surface area contributed by atoms with E-state index in [0.29, 0.717) is 6.07 Å². The van der Waals surface area contributed by atoms with Crippen molar-refractivity contribution in [3.63, 3.8) is 0 Å². The molecule has 0 spiro atoms. The third kappa shape index (κ3) is 3.45. The minimum absolute atomic E-state index is 0.112. The summed E-state index contributed by atoms with van der Waals surface area (Å²) < 4.78 is 26.2. The Labute approximate surface area is 94.6 Å². The maximum absolute atomic E-state index is 13.2. The molecule has 0 aliphatic heterocycles. The van der Waals surface area contributed by atoms with Gasteiger partial charge in [-0.25, -0.2) is 4.39 Å². The molecule has 1 rings (SSSR count). The summed E-state index contributed by atoms with van der Waals surface area (Å²) in [5.41, 5.74) is 3.90. The van der Waals surface area contributed by atoms with Crippen molar-refractivity contribution in [1.82, 2.24) is 5.32 Å². The summed E-state index contributed by atoms with van der Waals surface area (Å²) in [7, 11) is 0. The number of hydrogen-bond donors (Lipinski definition) is 2. The minimum atomic E-state index is -1.24. The van der Waals surface area contributed by atoms with Gasteiger partial charge >= 0.3 is 5.69 Å². The zero-order valence-corrected chi connectivity index (χ0v) is 8.57. The molecule has 0 radical (unpaired) electrons. The van der Waals surface area contributed by atoms with Crippen LogP contribution in [0.3, 0.4) is 0 Å². The third-order valence-corrected chi connectivity index (χ3v) is 1.93. The van der Waals surface area contributed by atoms with Gasteiger partial charge in [0.15, 0.2) is 0 Å². The molecule has 0 heterocycles. The average Bonchev–Trinajstić information content (AvgIpc) is 2.20. The lowest BCUT2D eigenvalue weighted by Gasteiger charge is -2.04. The number of nitrogens with one attached hydrogen (secondary N) is 1. The topological polar surface area (TPSA) is 98.3 Å². The second kappa shape index (κ2) is 5.30. The largest absolute Gasteiger partial charge is 0.369 e. The maximum atomic E-state index is 13.2. The Hall–Kier alpha value is -2.09. The van der Waals surface area contributed by atoms with Crippen LogP contribution in [0, 0.1) is 21.7 Å². The molecule has 0 bridgehead atoms. The first-order valence-electron chi connectivity index (χ1n) is 4.53. The number of nitrogens with zero attached hydrogens (tertiary/aromatic N) is 1. The number of hydrogen-bond acceptors (Lipinski definition) is 4. The van der Waals surface area contributed by atoms with Crippen LogP contribution in [0.4, 0.5) is 14.5 Å². The predicted octanol–water partition coefficient (Wildman–Crippen LogP) is 0.448. The number of halogens is 2. The van der Waals surface area contributed by atoms with E-state index in [1.807, 2.05) is 0 Å². The lowest BCUT2D eigenvalue weighted by molar-refractivity contribution is -0.387. The first-order chi connectivity index (χ1) is 7.91. The smallest absolute Gasteiger partial charge is 0.305 e. The standard InChI is InChI=1S/C9H9F2N3O3/c10-6-2-7(11)8(14(16)17)1-5(6)3-13-4-9(12)15/h1-2,13H,3-4H2,(H2,12,15). The molecular formula is C9H9F2N3O3. The molecule has 1 aromatic rings. The molecule has 0 aromatic heterocycles. The summed E-state index contributed by atoms with van der Waals surface area (Å²) in [4.78, 5) is 19.9. The Morgan fingerprint density at radius 2 is 2.06 bits per heavy atom. The Bertz CT molecular complexity index is 465. The molecule has 0 saturated heterocycles. The molecule has 6 nitrogen and oxygen atoms in total. The van der Waals surface area contributed by atoms with Crippen molar-refractivity contribution >= 4 is 11.6 Å². The van der Waals surface area contributed by atoms with Gasteiger partial charge in [0.25, 0.3) is 0 Å². The van der Waals surface area contributed by atoms with Crippen molar-refractivity contribution in [2.75, 3.05) is 6.54 Å². The monoisotopic (exact) mass is 245 g/mol. The first-order valence-corrected chi connectivity index (χ1v) is 4.53. The third-order valence-electron chi connectivity index (χ3n) is 1.93. The highest BCUT2D eigenvalue weighted by atomic mass is 19.1. The molecule has 1 aromatic carbocycles. The van der Waals surface area contributed by atoms with E-state index < -0.39 is 28.2 Å². The van der Waals surface area contributed by atoms with Crippen LogP contribution in [0.2, 0.25) is 0 Å². The zero-order chi connectivity index (χ0) is 13.0. The molecule has 0 aliphatic carbocycles. The molecular weight excluding hydrogens is 236 g/mol. The van der Waals surface area contributed by atoms with E-state index in [2.05, 4.69) is 5.32 Å². The van der Waals surface area contributed by atoms with Gasteiger partial charge in [-0.1, -0.05) is 0 Å². The Morgan fingerprint density at radius 3 is 2.59 bits per heavy atom. The van der Waals surface area contributed by atoms with Gasteiger partial charge in [-0.3, -0.25) is 14.9 Å². The van der Waals surface area contributed by atoms with E-state index in [4.69, 9.17) is 5.73 Å². The first kappa shape index (κ1) is 13.0. The highest BCUT2D eigenvalue weighted by Crippen LogP contribution is 2.21. The number of amides is 1. The number of carbonyl (C=O) groups excluding carboxylic acids is 1.